The Morgan fingerprint density at radius 1 is 1.08 bits per heavy atom. The molecule has 0 aromatic heterocycles. The maximum Gasteiger partial charge on any atom is 0.315 e. The number of urea groups is 1. The molecule has 3 N–H and O–H groups in total. The maximum absolute atomic E-state index is 11.9. The van der Waals surface area contributed by atoms with Crippen LogP contribution in [0.2, 0.25) is 0 Å². The number of benzene rings is 2. The molecule has 1 atom stereocenters. The quantitative estimate of drug-likeness (QED) is 0.560. The lowest BCUT2D eigenvalue weighted by Gasteiger charge is -2.30. The normalized spacial score (nSPS) is 12.7. The van der Waals surface area contributed by atoms with Crippen molar-refractivity contribution in [3.05, 3.63) is 65.7 Å². The molecule has 0 saturated heterocycles. The fraction of sp³-hybridized carbons (Fsp3) is 0.300. The van der Waals surface area contributed by atoms with Gasteiger partial charge in [-0.25, -0.2) is 4.79 Å². The highest BCUT2D eigenvalue weighted by Crippen LogP contribution is 2.26. The van der Waals surface area contributed by atoms with E-state index in [0.29, 0.717) is 24.3 Å². The number of rotatable bonds is 8. The monoisotopic (exact) mass is 356 g/mol. The Labute approximate surface area is 153 Å². The van der Waals surface area contributed by atoms with E-state index < -0.39 is 17.7 Å². The van der Waals surface area contributed by atoms with Gasteiger partial charge in [0.2, 0.25) is 5.72 Å². The van der Waals surface area contributed by atoms with Crippen LogP contribution in [0.4, 0.5) is 4.79 Å². The molecule has 0 fully saturated rings. The molecule has 2 aromatic rings. The Hall–Kier alpha value is -3.02. The molecule has 0 saturated carbocycles. The molecule has 6 nitrogen and oxygen atoms in total. The second kappa shape index (κ2) is 8.89. The van der Waals surface area contributed by atoms with Crippen LogP contribution >= 0.6 is 0 Å². The molecule has 2 aromatic carbocycles. The summed E-state index contributed by atoms with van der Waals surface area (Å²) >= 11 is 0. The van der Waals surface area contributed by atoms with Crippen LogP contribution in [0.3, 0.4) is 0 Å². The first-order valence-corrected chi connectivity index (χ1v) is 8.49. The fourth-order valence-corrected chi connectivity index (χ4v) is 2.48. The number of hydrogen-bond donors (Lipinski definition) is 2. The highest BCUT2D eigenvalue weighted by molar-refractivity contribution is 5.74. The zero-order chi connectivity index (χ0) is 19.0. The molecule has 2 rings (SSSR count). The predicted molar refractivity (Wildman–Crippen MR) is 98.3 cm³/mol. The van der Waals surface area contributed by atoms with E-state index in [9.17, 15) is 9.59 Å². The minimum Gasteiger partial charge on any atom is -0.489 e. The third-order valence-corrected chi connectivity index (χ3v) is 3.79. The van der Waals surface area contributed by atoms with Crippen LogP contribution in [0.5, 0.6) is 5.75 Å². The van der Waals surface area contributed by atoms with Gasteiger partial charge < -0.3 is 15.2 Å². The SMILES string of the molecule is CCCC(=O)OC(C)(NC(N)=O)c1ccc(OCc2ccccc2)cc1. The molecular weight excluding hydrogens is 332 g/mol. The molecule has 138 valence electrons. The molecule has 0 aliphatic rings. The van der Waals surface area contributed by atoms with Crippen molar-refractivity contribution in [2.24, 2.45) is 5.73 Å². The molecule has 26 heavy (non-hydrogen) atoms. The Balaban J connectivity index is 2.10. The van der Waals surface area contributed by atoms with Crippen molar-refractivity contribution >= 4 is 12.0 Å². The van der Waals surface area contributed by atoms with Gasteiger partial charge in [-0.1, -0.05) is 37.3 Å². The third-order valence-electron chi connectivity index (χ3n) is 3.79. The van der Waals surface area contributed by atoms with E-state index in [4.69, 9.17) is 15.2 Å². The van der Waals surface area contributed by atoms with Crippen molar-refractivity contribution in [1.29, 1.82) is 0 Å². The average Bonchev–Trinajstić information content (AvgIpc) is 2.60. The molecule has 0 radical (unpaired) electrons. The van der Waals surface area contributed by atoms with Crippen LogP contribution in [0.1, 0.15) is 37.8 Å². The first-order chi connectivity index (χ1) is 12.4. The molecule has 0 aliphatic heterocycles. The number of carbonyl (C=O) groups is 2. The van der Waals surface area contributed by atoms with E-state index in [2.05, 4.69) is 5.32 Å². The second-order valence-corrected chi connectivity index (χ2v) is 6.05. The van der Waals surface area contributed by atoms with Gasteiger partial charge in [0.15, 0.2) is 0 Å². The lowest BCUT2D eigenvalue weighted by molar-refractivity contribution is -0.161. The van der Waals surface area contributed by atoms with Gasteiger partial charge in [0, 0.05) is 12.0 Å². The highest BCUT2D eigenvalue weighted by atomic mass is 16.6. The molecular formula is C20H24N2O4. The van der Waals surface area contributed by atoms with Gasteiger partial charge in [0.1, 0.15) is 12.4 Å². The summed E-state index contributed by atoms with van der Waals surface area (Å²) in [7, 11) is 0. The van der Waals surface area contributed by atoms with Crippen LogP contribution in [0.15, 0.2) is 54.6 Å². The van der Waals surface area contributed by atoms with Gasteiger partial charge in [0.25, 0.3) is 0 Å². The zero-order valence-corrected chi connectivity index (χ0v) is 15.0. The van der Waals surface area contributed by atoms with Crippen molar-refractivity contribution in [2.45, 2.75) is 39.0 Å². The van der Waals surface area contributed by atoms with E-state index in [1.54, 1.807) is 31.2 Å². The maximum atomic E-state index is 11.9. The largest absolute Gasteiger partial charge is 0.489 e. The van der Waals surface area contributed by atoms with Crippen LogP contribution in [0.25, 0.3) is 0 Å². The summed E-state index contributed by atoms with van der Waals surface area (Å²) in [5.41, 5.74) is 5.56. The molecule has 0 bridgehead atoms. The van der Waals surface area contributed by atoms with E-state index in [1.165, 1.54) is 0 Å². The first kappa shape index (κ1) is 19.3. The van der Waals surface area contributed by atoms with Gasteiger partial charge in [-0.15, -0.1) is 0 Å². The van der Waals surface area contributed by atoms with Crippen LogP contribution < -0.4 is 15.8 Å². The van der Waals surface area contributed by atoms with Gasteiger partial charge >= 0.3 is 12.0 Å². The average molecular weight is 356 g/mol. The number of esters is 1. The fourth-order valence-electron chi connectivity index (χ4n) is 2.48. The molecule has 0 aliphatic carbocycles. The Kier molecular flexibility index (Phi) is 6.60. The zero-order valence-electron chi connectivity index (χ0n) is 15.0. The number of primary amides is 1. The topological polar surface area (TPSA) is 90.6 Å². The molecule has 6 heteroatoms. The summed E-state index contributed by atoms with van der Waals surface area (Å²) in [6.45, 7) is 3.91. The van der Waals surface area contributed by atoms with E-state index >= 15 is 0 Å². The number of hydrogen-bond acceptors (Lipinski definition) is 4. The summed E-state index contributed by atoms with van der Waals surface area (Å²) in [5, 5.41) is 2.49. The molecule has 0 spiro atoms. The molecule has 2 amide bonds. The van der Waals surface area contributed by atoms with Gasteiger partial charge in [-0.3, -0.25) is 10.1 Å². The minimum atomic E-state index is -1.34. The lowest BCUT2D eigenvalue weighted by Crippen LogP contribution is -2.49. The number of nitrogens with two attached hydrogens (primary N) is 1. The van der Waals surface area contributed by atoms with Crippen molar-refractivity contribution < 1.29 is 19.1 Å². The van der Waals surface area contributed by atoms with Crippen LogP contribution in [0, 0.1) is 0 Å². The smallest absolute Gasteiger partial charge is 0.315 e. The van der Waals surface area contributed by atoms with Gasteiger partial charge in [0.05, 0.1) is 0 Å². The van der Waals surface area contributed by atoms with E-state index in [1.807, 2.05) is 37.3 Å². The third kappa shape index (κ3) is 5.51. The lowest BCUT2D eigenvalue weighted by atomic mass is 10.0. The predicted octanol–water partition coefficient (Wildman–Crippen LogP) is 3.45. The van der Waals surface area contributed by atoms with Crippen molar-refractivity contribution in [3.8, 4) is 5.75 Å². The Bertz CT molecular complexity index is 731. The summed E-state index contributed by atoms with van der Waals surface area (Å²) in [5.74, 6) is 0.257. The van der Waals surface area contributed by atoms with E-state index in [0.717, 1.165) is 5.56 Å². The first-order valence-electron chi connectivity index (χ1n) is 8.49. The molecule has 1 unspecified atom stereocenters. The van der Waals surface area contributed by atoms with Crippen molar-refractivity contribution in [2.75, 3.05) is 0 Å². The highest BCUT2D eigenvalue weighted by Gasteiger charge is 2.32. The standard InChI is InChI=1S/C20H24N2O4/c1-3-7-18(23)26-20(2,22-19(21)24)16-10-12-17(13-11-16)25-14-15-8-5-4-6-9-15/h4-6,8-13H,3,7,14H2,1-2H3,(H3,21,22,24). The van der Waals surface area contributed by atoms with Crippen LogP contribution in [-0.4, -0.2) is 12.0 Å². The molecule has 0 heterocycles. The van der Waals surface area contributed by atoms with E-state index in [-0.39, 0.29) is 6.42 Å². The Morgan fingerprint density at radius 2 is 1.73 bits per heavy atom. The summed E-state index contributed by atoms with van der Waals surface area (Å²) in [6.07, 6.45) is 0.909. The van der Waals surface area contributed by atoms with Gasteiger partial charge in [-0.2, -0.15) is 0 Å². The number of nitrogens with one attached hydrogen (secondary N) is 1. The summed E-state index contributed by atoms with van der Waals surface area (Å²) in [6, 6.07) is 16.0. The summed E-state index contributed by atoms with van der Waals surface area (Å²) in [4.78, 5) is 23.2. The Morgan fingerprint density at radius 3 is 2.31 bits per heavy atom. The number of amides is 2. The second-order valence-electron chi connectivity index (χ2n) is 6.05. The number of carbonyl (C=O) groups excluding carboxylic acids is 2. The minimum absolute atomic E-state index is 0.258. The van der Waals surface area contributed by atoms with Crippen molar-refractivity contribution in [1.82, 2.24) is 5.32 Å². The number of ether oxygens (including phenoxy) is 2. The van der Waals surface area contributed by atoms with Gasteiger partial charge in [-0.05, 0) is 43.2 Å². The van der Waals surface area contributed by atoms with Crippen molar-refractivity contribution in [3.63, 3.8) is 0 Å². The van der Waals surface area contributed by atoms with Crippen LogP contribution in [-0.2, 0) is 21.9 Å². The summed E-state index contributed by atoms with van der Waals surface area (Å²) < 4.78 is 11.2.